The summed E-state index contributed by atoms with van der Waals surface area (Å²) in [6.07, 6.45) is 4.14. The molecule has 23 heavy (non-hydrogen) atoms. The van der Waals surface area contributed by atoms with Crippen LogP contribution in [0.5, 0.6) is 0 Å². The van der Waals surface area contributed by atoms with E-state index in [-0.39, 0.29) is 11.8 Å². The molecule has 0 radical (unpaired) electrons. The van der Waals surface area contributed by atoms with E-state index < -0.39 is 0 Å². The van der Waals surface area contributed by atoms with E-state index in [0.29, 0.717) is 5.13 Å². The van der Waals surface area contributed by atoms with Crippen molar-refractivity contribution < 1.29 is 4.79 Å². The fourth-order valence-corrected chi connectivity index (χ4v) is 3.09. The fraction of sp³-hybridized carbons (Fsp3) is 0.176. The molecule has 6 heteroatoms. The number of carbonyl (C=O) groups excluding carboxylic acids is 1. The Morgan fingerprint density at radius 3 is 2.57 bits per heavy atom. The Bertz CT molecular complexity index is 774. The van der Waals surface area contributed by atoms with Crippen LogP contribution in [0.25, 0.3) is 10.6 Å². The number of pyridine rings is 1. The smallest absolute Gasteiger partial charge is 0.233 e. The summed E-state index contributed by atoms with van der Waals surface area (Å²) in [6.45, 7) is 2.00. The summed E-state index contributed by atoms with van der Waals surface area (Å²) in [5.74, 6) is -0.249. The topological polar surface area (TPSA) is 67.8 Å². The number of amides is 1. The molecule has 1 amide bonds. The predicted molar refractivity (Wildman–Crippen MR) is 91.2 cm³/mol. The summed E-state index contributed by atoms with van der Waals surface area (Å²) in [4.78, 5) is 16.5. The molecular weight excluding hydrogens is 308 g/mol. The maximum absolute atomic E-state index is 12.5. The molecule has 116 valence electrons. The molecule has 0 unspecified atom stereocenters. The van der Waals surface area contributed by atoms with Crippen molar-refractivity contribution in [3.8, 4) is 10.6 Å². The Labute approximate surface area is 138 Å². The van der Waals surface area contributed by atoms with Crippen LogP contribution in [0.2, 0.25) is 0 Å². The third kappa shape index (κ3) is 3.60. The highest BCUT2D eigenvalue weighted by atomic mass is 32.1. The Balaban J connectivity index is 1.74. The lowest BCUT2D eigenvalue weighted by Gasteiger charge is -2.13. The maximum Gasteiger partial charge on any atom is 0.233 e. The first-order valence-electron chi connectivity index (χ1n) is 7.37. The van der Waals surface area contributed by atoms with Crippen molar-refractivity contribution in [1.82, 2.24) is 15.2 Å². The highest BCUT2D eigenvalue weighted by Gasteiger charge is 2.20. The summed E-state index contributed by atoms with van der Waals surface area (Å²) in [6, 6.07) is 13.5. The second kappa shape index (κ2) is 7.11. The lowest BCUT2D eigenvalue weighted by atomic mass is 9.96. The first-order chi connectivity index (χ1) is 11.3. The van der Waals surface area contributed by atoms with E-state index in [9.17, 15) is 4.79 Å². The summed E-state index contributed by atoms with van der Waals surface area (Å²) in [5, 5.41) is 12.3. The first-order valence-corrected chi connectivity index (χ1v) is 8.19. The van der Waals surface area contributed by atoms with Gasteiger partial charge < -0.3 is 0 Å². The van der Waals surface area contributed by atoms with Crippen LogP contribution in [0, 0.1) is 0 Å². The number of hydrogen-bond acceptors (Lipinski definition) is 5. The Morgan fingerprint density at radius 2 is 1.87 bits per heavy atom. The molecule has 0 aliphatic heterocycles. The molecule has 1 aromatic carbocycles. The SMILES string of the molecule is CC[C@@H](C(=O)Nc1nnc(-c2ccncc2)s1)c1ccccc1. The normalized spacial score (nSPS) is 11.9. The molecule has 3 rings (SSSR count). The minimum absolute atomic E-state index is 0.0591. The van der Waals surface area contributed by atoms with Gasteiger partial charge in [0, 0.05) is 18.0 Å². The minimum atomic E-state index is -0.190. The van der Waals surface area contributed by atoms with E-state index in [1.165, 1.54) is 11.3 Å². The summed E-state index contributed by atoms with van der Waals surface area (Å²) < 4.78 is 0. The van der Waals surface area contributed by atoms with Crippen molar-refractivity contribution in [1.29, 1.82) is 0 Å². The largest absolute Gasteiger partial charge is 0.300 e. The minimum Gasteiger partial charge on any atom is -0.300 e. The molecule has 0 saturated carbocycles. The van der Waals surface area contributed by atoms with Crippen LogP contribution >= 0.6 is 11.3 Å². The standard InChI is InChI=1S/C17H16N4OS/c1-2-14(12-6-4-3-5-7-12)15(22)19-17-21-20-16(23-17)13-8-10-18-11-9-13/h3-11,14H,2H2,1H3,(H,19,21,22)/t14-/m1/s1. The number of anilines is 1. The van der Waals surface area contributed by atoms with E-state index in [2.05, 4.69) is 20.5 Å². The van der Waals surface area contributed by atoms with Gasteiger partial charge in [-0.2, -0.15) is 0 Å². The van der Waals surface area contributed by atoms with Gasteiger partial charge in [0.2, 0.25) is 11.0 Å². The van der Waals surface area contributed by atoms with Gasteiger partial charge in [-0.05, 0) is 24.1 Å². The fourth-order valence-electron chi connectivity index (χ4n) is 2.34. The average molecular weight is 324 g/mol. The van der Waals surface area contributed by atoms with E-state index in [0.717, 1.165) is 22.6 Å². The molecule has 2 aromatic heterocycles. The highest BCUT2D eigenvalue weighted by molar-refractivity contribution is 7.18. The van der Waals surface area contributed by atoms with Crippen molar-refractivity contribution >= 4 is 22.4 Å². The van der Waals surface area contributed by atoms with E-state index in [1.807, 2.05) is 49.4 Å². The van der Waals surface area contributed by atoms with Crippen molar-refractivity contribution in [2.75, 3.05) is 5.32 Å². The van der Waals surface area contributed by atoms with Gasteiger partial charge in [-0.15, -0.1) is 10.2 Å². The van der Waals surface area contributed by atoms with Gasteiger partial charge in [-0.1, -0.05) is 48.6 Å². The monoisotopic (exact) mass is 324 g/mol. The van der Waals surface area contributed by atoms with Crippen molar-refractivity contribution in [2.24, 2.45) is 0 Å². The summed E-state index contributed by atoms with van der Waals surface area (Å²) >= 11 is 1.36. The molecule has 1 N–H and O–H groups in total. The molecule has 0 saturated heterocycles. The summed E-state index contributed by atoms with van der Waals surface area (Å²) in [5.41, 5.74) is 1.94. The Kier molecular flexibility index (Phi) is 4.73. The number of rotatable bonds is 5. The third-order valence-corrected chi connectivity index (χ3v) is 4.40. The maximum atomic E-state index is 12.5. The van der Waals surface area contributed by atoms with E-state index >= 15 is 0 Å². The quantitative estimate of drug-likeness (QED) is 0.776. The Hall–Kier alpha value is -2.60. The zero-order valence-electron chi connectivity index (χ0n) is 12.6. The molecule has 1 atom stereocenters. The zero-order valence-corrected chi connectivity index (χ0v) is 13.5. The summed E-state index contributed by atoms with van der Waals surface area (Å²) in [7, 11) is 0. The molecule has 0 aliphatic rings. The molecule has 2 heterocycles. The zero-order chi connectivity index (χ0) is 16.1. The van der Waals surface area contributed by atoms with Crippen LogP contribution in [0.1, 0.15) is 24.8 Å². The molecule has 3 aromatic rings. The van der Waals surface area contributed by atoms with Gasteiger partial charge in [0.15, 0.2) is 0 Å². The van der Waals surface area contributed by atoms with Crippen LogP contribution in [0.4, 0.5) is 5.13 Å². The van der Waals surface area contributed by atoms with E-state index in [4.69, 9.17) is 0 Å². The van der Waals surface area contributed by atoms with Gasteiger partial charge in [0.1, 0.15) is 5.01 Å². The second-order valence-electron chi connectivity index (χ2n) is 5.01. The molecule has 0 spiro atoms. The number of nitrogens with zero attached hydrogens (tertiary/aromatic N) is 3. The van der Waals surface area contributed by atoms with Gasteiger partial charge in [0.25, 0.3) is 0 Å². The van der Waals surface area contributed by atoms with Crippen LogP contribution in [0.3, 0.4) is 0 Å². The van der Waals surface area contributed by atoms with Gasteiger partial charge in [-0.25, -0.2) is 0 Å². The van der Waals surface area contributed by atoms with Crippen molar-refractivity contribution in [3.63, 3.8) is 0 Å². The van der Waals surface area contributed by atoms with Crippen LogP contribution < -0.4 is 5.32 Å². The van der Waals surface area contributed by atoms with Crippen LogP contribution in [-0.2, 0) is 4.79 Å². The van der Waals surface area contributed by atoms with Gasteiger partial charge in [-0.3, -0.25) is 15.1 Å². The number of aromatic nitrogens is 3. The molecular formula is C17H16N4OS. The number of benzene rings is 1. The second-order valence-corrected chi connectivity index (χ2v) is 5.99. The van der Waals surface area contributed by atoms with Crippen molar-refractivity contribution in [2.45, 2.75) is 19.3 Å². The number of carbonyl (C=O) groups is 1. The number of hydrogen-bond donors (Lipinski definition) is 1. The highest BCUT2D eigenvalue weighted by Crippen LogP contribution is 2.27. The van der Waals surface area contributed by atoms with Crippen LogP contribution in [-0.4, -0.2) is 21.1 Å². The van der Waals surface area contributed by atoms with Gasteiger partial charge in [0.05, 0.1) is 5.92 Å². The van der Waals surface area contributed by atoms with Crippen LogP contribution in [0.15, 0.2) is 54.9 Å². The number of nitrogens with one attached hydrogen (secondary N) is 1. The lowest BCUT2D eigenvalue weighted by Crippen LogP contribution is -2.20. The molecule has 0 bridgehead atoms. The molecule has 0 fully saturated rings. The van der Waals surface area contributed by atoms with Gasteiger partial charge >= 0.3 is 0 Å². The lowest BCUT2D eigenvalue weighted by molar-refractivity contribution is -0.117. The Morgan fingerprint density at radius 1 is 1.13 bits per heavy atom. The predicted octanol–water partition coefficient (Wildman–Crippen LogP) is 3.73. The molecule has 0 aliphatic carbocycles. The molecule has 5 nitrogen and oxygen atoms in total. The first kappa shape index (κ1) is 15.3. The third-order valence-electron chi connectivity index (χ3n) is 3.51. The van der Waals surface area contributed by atoms with Crippen molar-refractivity contribution in [3.05, 3.63) is 60.4 Å². The van der Waals surface area contributed by atoms with E-state index in [1.54, 1.807) is 12.4 Å². The average Bonchev–Trinajstić information content (AvgIpc) is 3.06.